The topological polar surface area (TPSA) is 63.6 Å². The summed E-state index contributed by atoms with van der Waals surface area (Å²) in [6.07, 6.45) is 1.52. The molecule has 2 atom stereocenters. The van der Waals surface area contributed by atoms with E-state index in [0.717, 1.165) is 5.56 Å². The standard InChI is InChI=1S/C18H22O4/c1-17(2)13-9-11(19)15-10(5-6-12(22-4)16(15)21)18(13,3)8-7-14(17)20/h5-6,13,21H,7-9H2,1-4H3. The van der Waals surface area contributed by atoms with Gasteiger partial charge in [-0.15, -0.1) is 0 Å². The lowest BCUT2D eigenvalue weighted by atomic mass is 9.49. The number of methoxy groups -OCH3 is 1. The third-order valence-corrected chi connectivity index (χ3v) is 5.87. The molecule has 0 radical (unpaired) electrons. The third kappa shape index (κ3) is 1.76. The van der Waals surface area contributed by atoms with Crippen molar-refractivity contribution in [3.8, 4) is 11.5 Å². The highest BCUT2D eigenvalue weighted by atomic mass is 16.5. The van der Waals surface area contributed by atoms with Crippen LogP contribution in [0.2, 0.25) is 0 Å². The van der Waals surface area contributed by atoms with Crippen LogP contribution in [0, 0.1) is 11.3 Å². The van der Waals surface area contributed by atoms with Gasteiger partial charge in [0.25, 0.3) is 0 Å². The number of carbonyl (C=O) groups excluding carboxylic acids is 2. The third-order valence-electron chi connectivity index (χ3n) is 5.87. The van der Waals surface area contributed by atoms with Gasteiger partial charge < -0.3 is 9.84 Å². The molecule has 118 valence electrons. The van der Waals surface area contributed by atoms with E-state index in [4.69, 9.17) is 4.74 Å². The second-order valence-corrected chi connectivity index (χ2v) is 7.28. The first-order valence-electron chi connectivity index (χ1n) is 7.70. The first kappa shape index (κ1) is 15.1. The number of ketones is 2. The van der Waals surface area contributed by atoms with E-state index in [1.54, 1.807) is 6.07 Å². The van der Waals surface area contributed by atoms with Gasteiger partial charge in [0.1, 0.15) is 5.78 Å². The Morgan fingerprint density at radius 2 is 1.91 bits per heavy atom. The van der Waals surface area contributed by atoms with Crippen LogP contribution in [0.3, 0.4) is 0 Å². The Labute approximate surface area is 130 Å². The maximum absolute atomic E-state index is 12.6. The second kappa shape index (κ2) is 4.58. The predicted molar refractivity (Wildman–Crippen MR) is 82.5 cm³/mol. The van der Waals surface area contributed by atoms with Gasteiger partial charge in [0.05, 0.1) is 12.7 Å². The van der Waals surface area contributed by atoms with Gasteiger partial charge in [0.15, 0.2) is 17.3 Å². The van der Waals surface area contributed by atoms with Gasteiger partial charge in [-0.05, 0) is 29.4 Å². The van der Waals surface area contributed by atoms with Crippen molar-refractivity contribution in [3.63, 3.8) is 0 Å². The van der Waals surface area contributed by atoms with Gasteiger partial charge in [0.2, 0.25) is 0 Å². The van der Waals surface area contributed by atoms with Crippen molar-refractivity contribution in [2.24, 2.45) is 11.3 Å². The number of Topliss-reactive ketones (excluding diaryl/α,β-unsaturated/α-hetero) is 2. The van der Waals surface area contributed by atoms with Gasteiger partial charge in [-0.2, -0.15) is 0 Å². The quantitative estimate of drug-likeness (QED) is 0.865. The Morgan fingerprint density at radius 3 is 2.55 bits per heavy atom. The summed E-state index contributed by atoms with van der Waals surface area (Å²) in [5.41, 5.74) is 0.441. The lowest BCUT2D eigenvalue weighted by Crippen LogP contribution is -2.53. The highest BCUT2D eigenvalue weighted by molar-refractivity contribution is 6.03. The molecule has 1 N–H and O–H groups in total. The van der Waals surface area contributed by atoms with Crippen LogP contribution in [0.4, 0.5) is 0 Å². The van der Waals surface area contributed by atoms with Gasteiger partial charge in [-0.3, -0.25) is 9.59 Å². The number of ether oxygens (including phenoxy) is 1. The summed E-state index contributed by atoms with van der Waals surface area (Å²) >= 11 is 0. The minimum atomic E-state index is -0.518. The van der Waals surface area contributed by atoms with E-state index in [2.05, 4.69) is 6.92 Å². The van der Waals surface area contributed by atoms with E-state index in [1.807, 2.05) is 19.9 Å². The number of rotatable bonds is 1. The number of carbonyl (C=O) groups is 2. The fraction of sp³-hybridized carbons (Fsp3) is 0.556. The van der Waals surface area contributed by atoms with Crippen molar-refractivity contribution in [1.82, 2.24) is 0 Å². The molecule has 4 heteroatoms. The molecule has 2 aliphatic carbocycles. The minimum absolute atomic E-state index is 0.0333. The molecular formula is C18H22O4. The average molecular weight is 302 g/mol. The summed E-state index contributed by atoms with van der Waals surface area (Å²) in [4.78, 5) is 25.0. The fourth-order valence-corrected chi connectivity index (χ4v) is 4.45. The van der Waals surface area contributed by atoms with Crippen molar-refractivity contribution >= 4 is 11.6 Å². The molecule has 4 nitrogen and oxygen atoms in total. The average Bonchev–Trinajstić information content (AvgIpc) is 2.47. The number of hydrogen-bond acceptors (Lipinski definition) is 4. The van der Waals surface area contributed by atoms with Crippen molar-refractivity contribution < 1.29 is 19.4 Å². The molecule has 0 bridgehead atoms. The van der Waals surface area contributed by atoms with Crippen LogP contribution >= 0.6 is 0 Å². The predicted octanol–water partition coefficient (Wildman–Crippen LogP) is 3.25. The maximum Gasteiger partial charge on any atom is 0.168 e. The normalized spacial score (nSPS) is 29.7. The highest BCUT2D eigenvalue weighted by Crippen LogP contribution is 2.57. The largest absolute Gasteiger partial charge is 0.504 e. The lowest BCUT2D eigenvalue weighted by Gasteiger charge is -2.52. The SMILES string of the molecule is COc1ccc2c(c1O)C(=O)CC1C(C)(C)C(=O)CCC21C. The molecule has 3 rings (SSSR count). The van der Waals surface area contributed by atoms with Crippen LogP contribution in [0.5, 0.6) is 11.5 Å². The maximum atomic E-state index is 12.6. The molecule has 0 spiro atoms. The Hall–Kier alpha value is -1.84. The summed E-state index contributed by atoms with van der Waals surface area (Å²) in [5, 5.41) is 10.4. The highest BCUT2D eigenvalue weighted by Gasteiger charge is 2.55. The van der Waals surface area contributed by atoms with Crippen molar-refractivity contribution in [1.29, 1.82) is 0 Å². The van der Waals surface area contributed by atoms with E-state index >= 15 is 0 Å². The lowest BCUT2D eigenvalue weighted by molar-refractivity contribution is -0.136. The van der Waals surface area contributed by atoms with Crippen LogP contribution in [-0.2, 0) is 10.2 Å². The zero-order chi connectivity index (χ0) is 16.3. The smallest absolute Gasteiger partial charge is 0.168 e. The zero-order valence-electron chi connectivity index (χ0n) is 13.5. The second-order valence-electron chi connectivity index (χ2n) is 7.28. The summed E-state index contributed by atoms with van der Waals surface area (Å²) in [6, 6.07) is 3.59. The minimum Gasteiger partial charge on any atom is -0.504 e. The van der Waals surface area contributed by atoms with Crippen molar-refractivity contribution in [2.75, 3.05) is 7.11 Å². The molecule has 22 heavy (non-hydrogen) atoms. The number of benzene rings is 1. The van der Waals surface area contributed by atoms with Crippen LogP contribution in [-0.4, -0.2) is 23.8 Å². The number of phenols is 1. The molecule has 2 unspecified atom stereocenters. The number of aromatic hydroxyl groups is 1. The summed E-state index contributed by atoms with van der Waals surface area (Å²) in [7, 11) is 1.47. The van der Waals surface area contributed by atoms with Gasteiger partial charge in [-0.1, -0.05) is 26.8 Å². The molecule has 0 saturated heterocycles. The first-order chi connectivity index (χ1) is 10.2. The molecule has 2 aliphatic rings. The molecule has 0 amide bonds. The van der Waals surface area contributed by atoms with Crippen LogP contribution in [0.25, 0.3) is 0 Å². The van der Waals surface area contributed by atoms with E-state index in [0.29, 0.717) is 30.6 Å². The molecule has 0 aliphatic heterocycles. The van der Waals surface area contributed by atoms with E-state index in [-0.39, 0.29) is 28.6 Å². The first-order valence-corrected chi connectivity index (χ1v) is 7.70. The van der Waals surface area contributed by atoms with E-state index in [1.165, 1.54) is 7.11 Å². The van der Waals surface area contributed by atoms with Crippen molar-refractivity contribution in [3.05, 3.63) is 23.3 Å². The Balaban J connectivity index is 2.23. The number of phenolic OH excluding ortho intramolecular Hbond substituents is 1. The summed E-state index contributed by atoms with van der Waals surface area (Å²) in [6.45, 7) is 6.00. The summed E-state index contributed by atoms with van der Waals surface area (Å²) < 4.78 is 5.13. The Kier molecular flexibility index (Phi) is 3.13. The van der Waals surface area contributed by atoms with Crippen LogP contribution in [0.1, 0.15) is 56.0 Å². The molecule has 1 aromatic carbocycles. The van der Waals surface area contributed by atoms with Crippen LogP contribution in [0.15, 0.2) is 12.1 Å². The molecule has 1 fully saturated rings. The number of hydrogen-bond donors (Lipinski definition) is 1. The van der Waals surface area contributed by atoms with Gasteiger partial charge >= 0.3 is 0 Å². The van der Waals surface area contributed by atoms with E-state index < -0.39 is 5.41 Å². The Morgan fingerprint density at radius 1 is 1.23 bits per heavy atom. The van der Waals surface area contributed by atoms with E-state index in [9.17, 15) is 14.7 Å². The van der Waals surface area contributed by atoms with Crippen LogP contribution < -0.4 is 4.74 Å². The monoisotopic (exact) mass is 302 g/mol. The molecule has 0 aromatic heterocycles. The fourth-order valence-electron chi connectivity index (χ4n) is 4.45. The zero-order valence-corrected chi connectivity index (χ0v) is 13.5. The molecule has 0 heterocycles. The Bertz CT molecular complexity index is 674. The van der Waals surface area contributed by atoms with Gasteiger partial charge in [0, 0.05) is 18.3 Å². The van der Waals surface area contributed by atoms with Gasteiger partial charge in [-0.25, -0.2) is 0 Å². The van der Waals surface area contributed by atoms with Crippen molar-refractivity contribution in [2.45, 2.75) is 45.4 Å². The number of fused-ring (bicyclic) bond motifs is 3. The molecule has 1 aromatic rings. The molecular weight excluding hydrogens is 280 g/mol. The summed E-state index contributed by atoms with van der Waals surface area (Å²) in [5.74, 6) is 0.342. The molecule has 1 saturated carbocycles.